The van der Waals surface area contributed by atoms with Crippen molar-refractivity contribution in [3.05, 3.63) is 133 Å². The van der Waals surface area contributed by atoms with Crippen molar-refractivity contribution >= 4 is 55.0 Å². The molecule has 2 heterocycles. The van der Waals surface area contributed by atoms with Gasteiger partial charge in [-0.2, -0.15) is 0 Å². The lowest BCUT2D eigenvalue weighted by molar-refractivity contribution is 1.51. The fraction of sp³-hybridized carbons (Fsp3) is 0. The Bertz CT molecular complexity index is 1970. The molecule has 3 N–H and O–H groups in total. The van der Waals surface area contributed by atoms with Crippen molar-refractivity contribution in [2.75, 3.05) is 5.32 Å². The van der Waals surface area contributed by atoms with Gasteiger partial charge in [0.1, 0.15) is 0 Å². The third kappa shape index (κ3) is 3.59. The van der Waals surface area contributed by atoms with Gasteiger partial charge in [0.2, 0.25) is 0 Å². The summed E-state index contributed by atoms with van der Waals surface area (Å²) in [6.45, 7) is 0. The molecular formula is C36H25N3. The molecule has 6 aromatic carbocycles. The van der Waals surface area contributed by atoms with Gasteiger partial charge in [-0.25, -0.2) is 0 Å². The standard InChI is InChI=1S/C36H25N3/c1-3-13-33-29(7-1)31-11-5-9-27(35(31)38-33)23-15-19-25(20-16-23)37-26-21-17-24(18-22-26)28-10-6-12-32-30-8-2-4-14-34(30)39-36(28)32/h1-22,37-39H. The summed E-state index contributed by atoms with van der Waals surface area (Å²) in [5.41, 5.74) is 11.6. The van der Waals surface area contributed by atoms with Crippen LogP contribution in [0.5, 0.6) is 0 Å². The predicted octanol–water partition coefficient (Wildman–Crippen LogP) is 10.0. The Morgan fingerprint density at radius 1 is 0.359 bits per heavy atom. The fourth-order valence-electron chi connectivity index (χ4n) is 5.86. The summed E-state index contributed by atoms with van der Waals surface area (Å²) < 4.78 is 0. The molecule has 0 aliphatic carbocycles. The largest absolute Gasteiger partial charge is 0.356 e. The van der Waals surface area contributed by atoms with Crippen molar-refractivity contribution in [3.63, 3.8) is 0 Å². The molecule has 0 unspecified atom stereocenters. The van der Waals surface area contributed by atoms with Gasteiger partial charge in [-0.3, -0.25) is 0 Å². The van der Waals surface area contributed by atoms with E-state index in [0.717, 1.165) is 11.4 Å². The lowest BCUT2D eigenvalue weighted by Gasteiger charge is -2.10. The molecule has 0 saturated heterocycles. The van der Waals surface area contributed by atoms with Crippen molar-refractivity contribution < 1.29 is 0 Å². The van der Waals surface area contributed by atoms with Crippen molar-refractivity contribution in [1.29, 1.82) is 0 Å². The Kier molecular flexibility index (Phi) is 4.82. The van der Waals surface area contributed by atoms with Gasteiger partial charge in [0.05, 0.1) is 11.0 Å². The minimum atomic E-state index is 1.06. The Balaban J connectivity index is 1.07. The summed E-state index contributed by atoms with van der Waals surface area (Å²) in [6.07, 6.45) is 0. The average molecular weight is 500 g/mol. The maximum Gasteiger partial charge on any atom is 0.0544 e. The van der Waals surface area contributed by atoms with E-state index in [0.29, 0.717) is 0 Å². The normalized spacial score (nSPS) is 11.6. The summed E-state index contributed by atoms with van der Waals surface area (Å²) in [7, 11) is 0. The highest BCUT2D eigenvalue weighted by atomic mass is 14.9. The maximum absolute atomic E-state index is 3.62. The number of anilines is 2. The van der Waals surface area contributed by atoms with Gasteiger partial charge in [-0.15, -0.1) is 0 Å². The smallest absolute Gasteiger partial charge is 0.0544 e. The molecule has 0 bridgehead atoms. The molecule has 3 nitrogen and oxygen atoms in total. The number of hydrogen-bond donors (Lipinski definition) is 3. The molecule has 0 fully saturated rings. The van der Waals surface area contributed by atoms with E-state index in [1.165, 1.54) is 65.9 Å². The molecule has 2 aromatic heterocycles. The molecule has 8 aromatic rings. The molecule has 0 atom stereocenters. The fourth-order valence-corrected chi connectivity index (χ4v) is 5.86. The van der Waals surface area contributed by atoms with Gasteiger partial charge in [0, 0.05) is 55.1 Å². The van der Waals surface area contributed by atoms with Crippen molar-refractivity contribution in [2.24, 2.45) is 0 Å². The topological polar surface area (TPSA) is 43.6 Å². The Hall–Kier alpha value is -5.28. The first kappa shape index (κ1) is 21.8. The van der Waals surface area contributed by atoms with Crippen LogP contribution in [0.15, 0.2) is 133 Å². The van der Waals surface area contributed by atoms with Crippen molar-refractivity contribution in [3.8, 4) is 22.3 Å². The van der Waals surface area contributed by atoms with Crippen molar-refractivity contribution in [2.45, 2.75) is 0 Å². The van der Waals surface area contributed by atoms with Crippen LogP contribution >= 0.6 is 0 Å². The van der Waals surface area contributed by atoms with Crippen LogP contribution < -0.4 is 5.32 Å². The second-order valence-electron chi connectivity index (χ2n) is 10.1. The Labute approximate surface area is 225 Å². The average Bonchev–Trinajstić information content (AvgIpc) is 3.57. The van der Waals surface area contributed by atoms with Gasteiger partial charge >= 0.3 is 0 Å². The maximum atomic E-state index is 3.62. The summed E-state index contributed by atoms with van der Waals surface area (Å²) in [5.74, 6) is 0. The van der Waals surface area contributed by atoms with Crippen molar-refractivity contribution in [1.82, 2.24) is 9.97 Å². The molecule has 8 rings (SSSR count). The number of hydrogen-bond acceptors (Lipinski definition) is 1. The number of fused-ring (bicyclic) bond motifs is 6. The highest BCUT2D eigenvalue weighted by molar-refractivity contribution is 6.12. The minimum Gasteiger partial charge on any atom is -0.356 e. The van der Waals surface area contributed by atoms with Crippen LogP contribution in [-0.4, -0.2) is 9.97 Å². The first-order valence-electron chi connectivity index (χ1n) is 13.3. The first-order valence-corrected chi connectivity index (χ1v) is 13.3. The summed E-state index contributed by atoms with van der Waals surface area (Å²) in [6, 6.07) is 47.4. The van der Waals surface area contributed by atoms with Crippen LogP contribution in [0.1, 0.15) is 0 Å². The van der Waals surface area contributed by atoms with E-state index in [1.54, 1.807) is 0 Å². The van der Waals surface area contributed by atoms with E-state index in [1.807, 2.05) is 0 Å². The third-order valence-corrected chi connectivity index (χ3v) is 7.76. The van der Waals surface area contributed by atoms with Crippen LogP contribution in [0.4, 0.5) is 11.4 Å². The van der Waals surface area contributed by atoms with E-state index >= 15 is 0 Å². The van der Waals surface area contributed by atoms with Crippen LogP contribution in [0.25, 0.3) is 65.9 Å². The van der Waals surface area contributed by atoms with E-state index in [4.69, 9.17) is 0 Å². The zero-order chi connectivity index (χ0) is 25.8. The molecule has 0 saturated carbocycles. The second-order valence-corrected chi connectivity index (χ2v) is 10.1. The monoisotopic (exact) mass is 499 g/mol. The van der Waals surface area contributed by atoms with Gasteiger partial charge in [-0.05, 0) is 47.5 Å². The summed E-state index contributed by atoms with van der Waals surface area (Å²) in [5, 5.41) is 8.60. The molecular weight excluding hydrogens is 474 g/mol. The predicted molar refractivity (Wildman–Crippen MR) is 166 cm³/mol. The summed E-state index contributed by atoms with van der Waals surface area (Å²) >= 11 is 0. The molecule has 0 aliphatic heterocycles. The SMILES string of the molecule is c1ccc2c(c1)[nH]c1c(-c3ccc(Nc4ccc(-c5cccc6c5[nH]c5ccccc56)cc4)cc3)cccc12. The number of benzene rings is 6. The first-order chi connectivity index (χ1) is 19.3. The highest BCUT2D eigenvalue weighted by Gasteiger charge is 2.11. The number of para-hydroxylation sites is 4. The lowest BCUT2D eigenvalue weighted by Crippen LogP contribution is -1.90. The summed E-state index contributed by atoms with van der Waals surface area (Å²) in [4.78, 5) is 7.24. The number of aromatic nitrogens is 2. The van der Waals surface area contributed by atoms with Crippen LogP contribution in [-0.2, 0) is 0 Å². The van der Waals surface area contributed by atoms with Gasteiger partial charge in [-0.1, -0.05) is 97.1 Å². The Morgan fingerprint density at radius 2 is 0.769 bits per heavy atom. The third-order valence-electron chi connectivity index (χ3n) is 7.76. The number of aromatic amines is 2. The van der Waals surface area contributed by atoms with Gasteiger partial charge < -0.3 is 15.3 Å². The van der Waals surface area contributed by atoms with E-state index < -0.39 is 0 Å². The molecule has 3 heteroatoms. The molecule has 184 valence electrons. The number of H-pyrrole nitrogens is 2. The molecule has 0 spiro atoms. The van der Waals surface area contributed by atoms with E-state index in [9.17, 15) is 0 Å². The zero-order valence-corrected chi connectivity index (χ0v) is 21.2. The van der Waals surface area contributed by atoms with Gasteiger partial charge in [0.25, 0.3) is 0 Å². The molecule has 0 amide bonds. The lowest BCUT2D eigenvalue weighted by atomic mass is 10.0. The number of rotatable bonds is 4. The highest BCUT2D eigenvalue weighted by Crippen LogP contribution is 2.35. The molecule has 0 radical (unpaired) electrons. The van der Waals surface area contributed by atoms with Crippen LogP contribution in [0.3, 0.4) is 0 Å². The quantitative estimate of drug-likeness (QED) is 0.222. The van der Waals surface area contributed by atoms with Crippen LogP contribution in [0.2, 0.25) is 0 Å². The second kappa shape index (κ2) is 8.64. The Morgan fingerprint density at radius 3 is 1.23 bits per heavy atom. The zero-order valence-electron chi connectivity index (χ0n) is 21.2. The minimum absolute atomic E-state index is 1.06. The number of nitrogens with one attached hydrogen (secondary N) is 3. The molecule has 39 heavy (non-hydrogen) atoms. The molecule has 0 aliphatic rings. The van der Waals surface area contributed by atoms with E-state index in [2.05, 4.69) is 149 Å². The van der Waals surface area contributed by atoms with E-state index in [-0.39, 0.29) is 0 Å². The van der Waals surface area contributed by atoms with Crippen LogP contribution in [0, 0.1) is 0 Å². The van der Waals surface area contributed by atoms with Gasteiger partial charge in [0.15, 0.2) is 0 Å².